The summed E-state index contributed by atoms with van der Waals surface area (Å²) in [5, 5.41) is 3.94. The van der Waals surface area contributed by atoms with E-state index in [1.807, 2.05) is 7.11 Å². The first kappa shape index (κ1) is 14.1. The van der Waals surface area contributed by atoms with Gasteiger partial charge in [-0.2, -0.15) is 0 Å². The molecule has 2 aliphatic carbocycles. The second-order valence-corrected chi connectivity index (χ2v) is 7.10. The molecule has 1 fully saturated rings. The molecule has 1 N–H and O–H groups in total. The summed E-state index contributed by atoms with van der Waals surface area (Å²) in [6, 6.07) is 9.91. The zero-order valence-electron chi connectivity index (χ0n) is 13.0. The van der Waals surface area contributed by atoms with E-state index in [4.69, 9.17) is 4.74 Å². The highest BCUT2D eigenvalue weighted by Gasteiger charge is 2.39. The van der Waals surface area contributed by atoms with Gasteiger partial charge in [-0.25, -0.2) is 0 Å². The molecule has 0 aliphatic heterocycles. The molecule has 0 radical (unpaired) electrons. The molecule has 1 aromatic rings. The Kier molecular flexibility index (Phi) is 3.87. The maximum absolute atomic E-state index is 5.66. The molecule has 2 nitrogen and oxygen atoms in total. The van der Waals surface area contributed by atoms with Crippen LogP contribution in [0.3, 0.4) is 0 Å². The van der Waals surface area contributed by atoms with Crippen molar-refractivity contribution < 1.29 is 4.74 Å². The predicted octanol–water partition coefficient (Wildman–Crippen LogP) is 3.86. The number of methoxy groups -OCH3 is 1. The van der Waals surface area contributed by atoms with Crippen molar-refractivity contribution in [2.45, 2.75) is 64.1 Å². The molecule has 3 atom stereocenters. The number of aryl methyl sites for hydroxylation is 1. The average molecular weight is 273 g/mol. The second-order valence-electron chi connectivity index (χ2n) is 7.10. The fraction of sp³-hybridized carbons (Fsp3) is 0.667. The predicted molar refractivity (Wildman–Crippen MR) is 82.9 cm³/mol. The van der Waals surface area contributed by atoms with E-state index in [1.165, 1.54) is 43.2 Å². The van der Waals surface area contributed by atoms with Gasteiger partial charge >= 0.3 is 0 Å². The highest BCUT2D eigenvalue weighted by atomic mass is 16.5. The van der Waals surface area contributed by atoms with Crippen LogP contribution in [-0.4, -0.2) is 19.3 Å². The number of rotatable bonds is 3. The van der Waals surface area contributed by atoms with E-state index in [9.17, 15) is 0 Å². The molecule has 3 rings (SSSR count). The Balaban J connectivity index is 1.86. The summed E-state index contributed by atoms with van der Waals surface area (Å²) in [5.41, 5.74) is 3.34. The van der Waals surface area contributed by atoms with Crippen molar-refractivity contribution in [3.63, 3.8) is 0 Å². The quantitative estimate of drug-likeness (QED) is 0.903. The zero-order chi connectivity index (χ0) is 14.2. The van der Waals surface area contributed by atoms with Gasteiger partial charge in [-0.1, -0.05) is 38.1 Å². The molecule has 0 bridgehead atoms. The fourth-order valence-electron chi connectivity index (χ4n) is 3.99. The van der Waals surface area contributed by atoms with Gasteiger partial charge in [0.25, 0.3) is 0 Å². The van der Waals surface area contributed by atoms with E-state index in [1.54, 1.807) is 0 Å². The number of hydrogen-bond donors (Lipinski definition) is 1. The average Bonchev–Trinajstić information content (AvgIpc) is 2.89. The number of nitrogens with one attached hydrogen (secondary N) is 1. The fourth-order valence-corrected chi connectivity index (χ4v) is 3.99. The molecule has 3 unspecified atom stereocenters. The van der Waals surface area contributed by atoms with Crippen molar-refractivity contribution in [1.29, 1.82) is 0 Å². The van der Waals surface area contributed by atoms with Gasteiger partial charge < -0.3 is 10.1 Å². The van der Waals surface area contributed by atoms with Gasteiger partial charge in [0.2, 0.25) is 0 Å². The lowest BCUT2D eigenvalue weighted by molar-refractivity contribution is 0.0692. The third kappa shape index (κ3) is 2.51. The summed E-state index contributed by atoms with van der Waals surface area (Å²) in [7, 11) is 1.85. The third-order valence-electron chi connectivity index (χ3n) is 5.32. The molecule has 110 valence electrons. The molecule has 2 heteroatoms. The van der Waals surface area contributed by atoms with Crippen LogP contribution in [0.4, 0.5) is 0 Å². The minimum absolute atomic E-state index is 0.315. The first-order chi connectivity index (χ1) is 9.62. The number of ether oxygens (including phenoxy) is 1. The Morgan fingerprint density at radius 3 is 2.80 bits per heavy atom. The third-order valence-corrected chi connectivity index (χ3v) is 5.32. The van der Waals surface area contributed by atoms with Crippen LogP contribution >= 0.6 is 0 Å². The van der Waals surface area contributed by atoms with E-state index in [-0.39, 0.29) is 0 Å². The van der Waals surface area contributed by atoms with E-state index in [2.05, 4.69) is 43.4 Å². The van der Waals surface area contributed by atoms with Gasteiger partial charge in [0, 0.05) is 19.2 Å². The molecule has 0 aromatic heterocycles. The Hall–Kier alpha value is -0.860. The smallest absolute Gasteiger partial charge is 0.0724 e. The zero-order valence-corrected chi connectivity index (χ0v) is 13.0. The van der Waals surface area contributed by atoms with E-state index >= 15 is 0 Å². The lowest BCUT2D eigenvalue weighted by Gasteiger charge is -2.42. The highest BCUT2D eigenvalue weighted by Crippen LogP contribution is 2.44. The van der Waals surface area contributed by atoms with E-state index < -0.39 is 0 Å². The first-order valence-corrected chi connectivity index (χ1v) is 7.98. The van der Waals surface area contributed by atoms with Gasteiger partial charge in [0.1, 0.15) is 0 Å². The lowest BCUT2D eigenvalue weighted by atomic mass is 9.70. The molecule has 2 aliphatic rings. The highest BCUT2D eigenvalue weighted by molar-refractivity contribution is 5.34. The lowest BCUT2D eigenvalue weighted by Crippen LogP contribution is -2.46. The monoisotopic (exact) mass is 273 g/mol. The Morgan fingerprint density at radius 1 is 1.20 bits per heavy atom. The minimum atomic E-state index is 0.315. The Morgan fingerprint density at radius 2 is 2.00 bits per heavy atom. The van der Waals surface area contributed by atoms with Crippen molar-refractivity contribution in [3.8, 4) is 0 Å². The normalized spacial score (nSPS) is 32.0. The second kappa shape index (κ2) is 5.50. The largest absolute Gasteiger partial charge is 0.380 e. The summed E-state index contributed by atoms with van der Waals surface area (Å²) in [6.45, 7) is 4.80. The van der Waals surface area contributed by atoms with Gasteiger partial charge in [-0.3, -0.25) is 0 Å². The summed E-state index contributed by atoms with van der Waals surface area (Å²) in [5.74, 6) is 0. The van der Waals surface area contributed by atoms with Gasteiger partial charge in [-0.15, -0.1) is 0 Å². The van der Waals surface area contributed by atoms with Crippen LogP contribution < -0.4 is 5.32 Å². The van der Waals surface area contributed by atoms with Crippen LogP contribution in [-0.2, 0) is 11.2 Å². The molecule has 0 amide bonds. The van der Waals surface area contributed by atoms with Gasteiger partial charge in [0.05, 0.1) is 6.10 Å². The number of fused-ring (bicyclic) bond motifs is 1. The Bertz CT molecular complexity index is 468. The SMILES string of the molecule is COC1CCCC1NC1c2ccccc2CCC1(C)C. The van der Waals surface area contributed by atoms with Crippen molar-refractivity contribution in [1.82, 2.24) is 5.32 Å². The van der Waals surface area contributed by atoms with Crippen molar-refractivity contribution in [3.05, 3.63) is 35.4 Å². The minimum Gasteiger partial charge on any atom is -0.380 e. The molecule has 0 saturated heterocycles. The summed E-state index contributed by atoms with van der Waals surface area (Å²) in [6.07, 6.45) is 6.58. The van der Waals surface area contributed by atoms with Crippen molar-refractivity contribution in [2.75, 3.05) is 7.11 Å². The van der Waals surface area contributed by atoms with Crippen LogP contribution in [0, 0.1) is 5.41 Å². The maximum atomic E-state index is 5.66. The summed E-state index contributed by atoms with van der Waals surface area (Å²) < 4.78 is 5.66. The van der Waals surface area contributed by atoms with Crippen LogP contribution in [0.1, 0.15) is 56.7 Å². The first-order valence-electron chi connectivity index (χ1n) is 7.98. The number of hydrogen-bond acceptors (Lipinski definition) is 2. The van der Waals surface area contributed by atoms with Crippen LogP contribution in [0.2, 0.25) is 0 Å². The summed E-state index contributed by atoms with van der Waals surface area (Å²) in [4.78, 5) is 0. The molecule has 0 spiro atoms. The molecule has 1 aromatic carbocycles. The van der Waals surface area contributed by atoms with Gasteiger partial charge in [-0.05, 0) is 48.6 Å². The summed E-state index contributed by atoms with van der Waals surface area (Å²) >= 11 is 0. The molecule has 0 heterocycles. The number of benzene rings is 1. The van der Waals surface area contributed by atoms with Crippen LogP contribution in [0.15, 0.2) is 24.3 Å². The maximum Gasteiger partial charge on any atom is 0.0724 e. The van der Waals surface area contributed by atoms with Gasteiger partial charge in [0.15, 0.2) is 0 Å². The standard InChI is InChI=1S/C18H27NO/c1-18(2)12-11-13-7-4-5-8-14(13)17(18)19-15-9-6-10-16(15)20-3/h4-5,7-8,15-17,19H,6,9-12H2,1-3H3. The van der Waals surface area contributed by atoms with E-state index in [0.29, 0.717) is 23.6 Å². The molecular weight excluding hydrogens is 246 g/mol. The van der Waals surface area contributed by atoms with Crippen LogP contribution in [0.25, 0.3) is 0 Å². The van der Waals surface area contributed by atoms with Crippen molar-refractivity contribution >= 4 is 0 Å². The molecular formula is C18H27NO. The van der Waals surface area contributed by atoms with Crippen LogP contribution in [0.5, 0.6) is 0 Å². The van der Waals surface area contributed by atoms with Crippen molar-refractivity contribution in [2.24, 2.45) is 5.41 Å². The molecule has 20 heavy (non-hydrogen) atoms. The van der Waals surface area contributed by atoms with E-state index in [0.717, 1.165) is 0 Å². The molecule has 1 saturated carbocycles. The topological polar surface area (TPSA) is 21.3 Å². The Labute approximate surface area is 122 Å².